The Morgan fingerprint density at radius 1 is 0.900 bits per heavy atom. The summed E-state index contributed by atoms with van der Waals surface area (Å²) in [6.45, 7) is 10.5. The Balaban J connectivity index is 0.00000172. The predicted molar refractivity (Wildman–Crippen MR) is 85.5 cm³/mol. The largest absolute Gasteiger partial charge is 0.512 e. The Morgan fingerprint density at radius 2 is 1.40 bits per heavy atom. The van der Waals surface area contributed by atoms with Crippen LogP contribution in [-0.2, 0) is 0 Å². The minimum atomic E-state index is 1.28. The van der Waals surface area contributed by atoms with Crippen LogP contribution < -0.4 is 4.90 Å². The molecule has 0 aromatic heterocycles. The number of allylic oxidation sites excluding steroid dienone is 2. The highest BCUT2D eigenvalue weighted by Gasteiger charge is 2.06. The van der Waals surface area contributed by atoms with Crippen LogP contribution in [0.5, 0.6) is 0 Å². The highest BCUT2D eigenvalue weighted by atomic mass is 15.1. The number of quaternary nitrogens is 1. The topological polar surface area (TPSA) is 28.2 Å². The van der Waals surface area contributed by atoms with Gasteiger partial charge in [-0.2, -0.15) is 0 Å². The molecule has 0 aromatic rings. The predicted octanol–water partition coefficient (Wildman–Crippen LogP) is 4.32. The van der Waals surface area contributed by atoms with E-state index in [0.717, 1.165) is 0 Å². The molecule has 2 nitrogen and oxygen atoms in total. The molecule has 0 bridgehead atoms. The molecule has 1 atom stereocenters. The fraction of sp³-hybridized carbons (Fsp3) is 0.722. The van der Waals surface area contributed by atoms with Crippen molar-refractivity contribution in [2.24, 2.45) is 0 Å². The standard InChI is InChI=1S/C17H31N.CN/c1-3-4-5-6-7-8-9-10-11-12-14-18-15-13-17(2)16-18;1-2/h13,15-16H,3-12,14H2,1-2H3;/q;-1/p+1. The van der Waals surface area contributed by atoms with E-state index in [1.807, 2.05) is 0 Å². The van der Waals surface area contributed by atoms with Crippen molar-refractivity contribution in [3.8, 4) is 0 Å². The molecular formula is C18H32N2. The fourth-order valence-electron chi connectivity index (χ4n) is 2.60. The van der Waals surface area contributed by atoms with Crippen LogP contribution in [0, 0.1) is 11.8 Å². The molecule has 1 N–H and O–H groups in total. The lowest BCUT2D eigenvalue weighted by Gasteiger charge is -2.06. The van der Waals surface area contributed by atoms with Gasteiger partial charge in [-0.1, -0.05) is 58.3 Å². The Morgan fingerprint density at radius 3 is 1.85 bits per heavy atom. The van der Waals surface area contributed by atoms with E-state index in [1.54, 1.807) is 0 Å². The monoisotopic (exact) mass is 276 g/mol. The summed E-state index contributed by atoms with van der Waals surface area (Å²) in [6.07, 6.45) is 21.1. The van der Waals surface area contributed by atoms with Gasteiger partial charge in [0.2, 0.25) is 0 Å². The van der Waals surface area contributed by atoms with Gasteiger partial charge in [-0.05, 0) is 25.8 Å². The van der Waals surface area contributed by atoms with Crippen LogP contribution in [0.1, 0.15) is 78.1 Å². The van der Waals surface area contributed by atoms with Gasteiger partial charge in [-0.15, -0.1) is 0 Å². The van der Waals surface area contributed by atoms with E-state index in [2.05, 4.69) is 32.3 Å². The summed E-state index contributed by atoms with van der Waals surface area (Å²) in [7, 11) is 0. The molecule has 1 unspecified atom stereocenters. The lowest BCUT2D eigenvalue weighted by Crippen LogP contribution is -3.01. The normalized spacial score (nSPS) is 16.6. The summed E-state index contributed by atoms with van der Waals surface area (Å²) >= 11 is 0. The van der Waals surface area contributed by atoms with E-state index < -0.39 is 0 Å². The number of unbranched alkanes of at least 4 members (excludes halogenated alkanes) is 9. The van der Waals surface area contributed by atoms with Crippen molar-refractivity contribution in [2.45, 2.75) is 78.1 Å². The Labute approximate surface area is 126 Å². The van der Waals surface area contributed by atoms with Crippen LogP contribution in [0.25, 0.3) is 0 Å². The van der Waals surface area contributed by atoms with Gasteiger partial charge >= 0.3 is 0 Å². The van der Waals surface area contributed by atoms with Crippen LogP contribution in [0.3, 0.4) is 0 Å². The van der Waals surface area contributed by atoms with Gasteiger partial charge in [0.15, 0.2) is 0 Å². The second kappa shape index (κ2) is 14.3. The number of nitrogens with one attached hydrogen (secondary N) is 1. The van der Waals surface area contributed by atoms with Crippen molar-refractivity contribution in [1.29, 1.82) is 5.26 Å². The summed E-state index contributed by atoms with van der Waals surface area (Å²) in [6, 6.07) is 0. The average molecular weight is 276 g/mol. The summed E-state index contributed by atoms with van der Waals surface area (Å²) in [4.78, 5) is 1.53. The van der Waals surface area contributed by atoms with Crippen molar-refractivity contribution >= 4 is 0 Å². The van der Waals surface area contributed by atoms with Gasteiger partial charge in [-0.25, -0.2) is 0 Å². The minimum absolute atomic E-state index is 1.28. The molecule has 1 aliphatic rings. The lowest BCUT2D eigenvalue weighted by molar-refractivity contribution is -0.788. The molecular weight excluding hydrogens is 244 g/mol. The maximum Gasteiger partial charge on any atom is 0.102 e. The molecule has 0 saturated heterocycles. The summed E-state index contributed by atoms with van der Waals surface area (Å²) < 4.78 is 0. The summed E-state index contributed by atoms with van der Waals surface area (Å²) in [5.74, 6) is 0. The molecule has 0 amide bonds. The molecule has 0 fully saturated rings. The minimum Gasteiger partial charge on any atom is -0.512 e. The molecule has 20 heavy (non-hydrogen) atoms. The van der Waals surface area contributed by atoms with Gasteiger partial charge in [-0.3, -0.25) is 4.90 Å². The van der Waals surface area contributed by atoms with Crippen LogP contribution >= 0.6 is 0 Å². The second-order valence-electron chi connectivity index (χ2n) is 5.73. The third-order valence-electron chi connectivity index (χ3n) is 3.79. The van der Waals surface area contributed by atoms with Crippen molar-refractivity contribution in [3.63, 3.8) is 0 Å². The van der Waals surface area contributed by atoms with E-state index in [9.17, 15) is 0 Å². The molecule has 0 aliphatic carbocycles. The van der Waals surface area contributed by atoms with Gasteiger partial charge in [0.25, 0.3) is 0 Å². The summed E-state index contributed by atoms with van der Waals surface area (Å²) in [5.41, 5.74) is 1.41. The maximum absolute atomic E-state index is 6.25. The van der Waals surface area contributed by atoms with Crippen molar-refractivity contribution in [3.05, 3.63) is 30.6 Å². The quantitative estimate of drug-likeness (QED) is 0.442. The van der Waals surface area contributed by atoms with E-state index >= 15 is 0 Å². The van der Waals surface area contributed by atoms with E-state index in [1.165, 1.54) is 81.2 Å². The first-order valence-corrected chi connectivity index (χ1v) is 8.27. The molecule has 2 heteroatoms. The van der Waals surface area contributed by atoms with Crippen molar-refractivity contribution < 1.29 is 4.90 Å². The Kier molecular flexibility index (Phi) is 13.6. The van der Waals surface area contributed by atoms with Gasteiger partial charge in [0, 0.05) is 5.57 Å². The van der Waals surface area contributed by atoms with Crippen LogP contribution in [0.15, 0.2) is 24.0 Å². The van der Waals surface area contributed by atoms with E-state index in [-0.39, 0.29) is 0 Å². The van der Waals surface area contributed by atoms with Crippen LogP contribution in [0.2, 0.25) is 0 Å². The molecule has 1 heterocycles. The number of rotatable bonds is 11. The first kappa shape index (κ1) is 18.9. The Hall–Kier alpha value is -1.07. The van der Waals surface area contributed by atoms with Crippen LogP contribution in [-0.4, -0.2) is 6.54 Å². The Bertz CT molecular complexity index is 289. The zero-order chi connectivity index (χ0) is 15.1. The fourth-order valence-corrected chi connectivity index (χ4v) is 2.60. The SMILES string of the molecule is CCCCCCCCCCCC[NH+]1C=CC(C)=C1.[C-]#N. The molecule has 0 saturated carbocycles. The van der Waals surface area contributed by atoms with Gasteiger partial charge in [0.05, 0.1) is 12.7 Å². The smallest absolute Gasteiger partial charge is 0.102 e. The third-order valence-corrected chi connectivity index (χ3v) is 3.79. The third kappa shape index (κ3) is 10.8. The maximum atomic E-state index is 6.25. The molecule has 0 radical (unpaired) electrons. The zero-order valence-corrected chi connectivity index (χ0v) is 13.5. The average Bonchev–Trinajstić information content (AvgIpc) is 2.89. The van der Waals surface area contributed by atoms with E-state index in [0.29, 0.717) is 0 Å². The van der Waals surface area contributed by atoms with Gasteiger partial charge < -0.3 is 11.8 Å². The molecule has 1 aliphatic heterocycles. The summed E-state index contributed by atoms with van der Waals surface area (Å²) in [5, 5.41) is 6.25. The molecule has 0 aromatic carbocycles. The highest BCUT2D eigenvalue weighted by Crippen LogP contribution is 2.10. The first-order valence-electron chi connectivity index (χ1n) is 8.27. The van der Waals surface area contributed by atoms with Crippen molar-refractivity contribution in [1.82, 2.24) is 0 Å². The zero-order valence-electron chi connectivity index (χ0n) is 13.5. The first-order chi connectivity index (χ1) is 9.83. The number of nitrogens with zero attached hydrogens (tertiary/aromatic N) is 1. The van der Waals surface area contributed by atoms with E-state index in [4.69, 9.17) is 11.8 Å². The lowest BCUT2D eigenvalue weighted by atomic mass is 10.1. The van der Waals surface area contributed by atoms with Crippen LogP contribution in [0.4, 0.5) is 0 Å². The second-order valence-corrected chi connectivity index (χ2v) is 5.73. The number of hydrogen-bond donors (Lipinski definition) is 1. The molecule has 1 rings (SSSR count). The highest BCUT2D eigenvalue weighted by molar-refractivity contribution is 5.14. The van der Waals surface area contributed by atoms with Gasteiger partial charge in [0.1, 0.15) is 6.20 Å². The van der Waals surface area contributed by atoms with Crippen molar-refractivity contribution in [2.75, 3.05) is 6.54 Å². The number of hydrogen-bond acceptors (Lipinski definition) is 1. The molecule has 114 valence electrons. The molecule has 0 spiro atoms.